The Bertz CT molecular complexity index is 444. The molecule has 0 saturated carbocycles. The second-order valence-corrected chi connectivity index (χ2v) is 4.87. The van der Waals surface area contributed by atoms with Gasteiger partial charge in [0.15, 0.2) is 0 Å². The second-order valence-electron chi connectivity index (χ2n) is 4.87. The lowest BCUT2D eigenvalue weighted by molar-refractivity contribution is -0.121. The molecular weight excluding hydrogens is 232 g/mol. The fourth-order valence-electron chi connectivity index (χ4n) is 1.22. The summed E-state index contributed by atoms with van der Waals surface area (Å²) in [6.07, 6.45) is -0.0285. The zero-order chi connectivity index (χ0) is 13.9. The van der Waals surface area contributed by atoms with E-state index in [1.807, 2.05) is 13.8 Å². The number of hydrogen-bond acceptors (Lipinski definition) is 5. The van der Waals surface area contributed by atoms with E-state index in [-0.39, 0.29) is 6.10 Å². The lowest BCUT2D eigenvalue weighted by Gasteiger charge is -2.23. The SMILES string of the molecule is CC(C)Oc1nc(NC(C)(C)C(N)=O)ccc1N. The Balaban J connectivity index is 2.95. The Morgan fingerprint density at radius 1 is 1.44 bits per heavy atom. The molecule has 1 amide bonds. The Labute approximate surface area is 107 Å². The van der Waals surface area contributed by atoms with Gasteiger partial charge in [-0.05, 0) is 39.8 Å². The third-order valence-corrected chi connectivity index (χ3v) is 2.29. The number of pyridine rings is 1. The van der Waals surface area contributed by atoms with Crippen LogP contribution in [-0.2, 0) is 4.79 Å². The Morgan fingerprint density at radius 3 is 2.56 bits per heavy atom. The first-order valence-corrected chi connectivity index (χ1v) is 5.73. The summed E-state index contributed by atoms with van der Waals surface area (Å²) in [6, 6.07) is 3.34. The van der Waals surface area contributed by atoms with E-state index >= 15 is 0 Å². The van der Waals surface area contributed by atoms with Gasteiger partial charge in [0, 0.05) is 0 Å². The molecule has 0 spiro atoms. The van der Waals surface area contributed by atoms with Gasteiger partial charge in [0.2, 0.25) is 11.8 Å². The van der Waals surface area contributed by atoms with Gasteiger partial charge in [0.25, 0.3) is 0 Å². The highest BCUT2D eigenvalue weighted by molar-refractivity contribution is 5.86. The van der Waals surface area contributed by atoms with Gasteiger partial charge in [0.05, 0.1) is 11.8 Å². The van der Waals surface area contributed by atoms with E-state index in [4.69, 9.17) is 16.2 Å². The maximum absolute atomic E-state index is 11.2. The maximum atomic E-state index is 11.2. The van der Waals surface area contributed by atoms with Crippen molar-refractivity contribution in [3.05, 3.63) is 12.1 Å². The van der Waals surface area contributed by atoms with Crippen molar-refractivity contribution in [3.8, 4) is 5.88 Å². The number of carbonyl (C=O) groups is 1. The molecule has 0 fully saturated rings. The number of nitrogen functional groups attached to an aromatic ring is 1. The number of hydrogen-bond donors (Lipinski definition) is 3. The molecule has 6 heteroatoms. The molecule has 0 saturated heterocycles. The van der Waals surface area contributed by atoms with Gasteiger partial charge in [-0.2, -0.15) is 4.98 Å². The number of nitrogens with two attached hydrogens (primary N) is 2. The smallest absolute Gasteiger partial charge is 0.242 e. The van der Waals surface area contributed by atoms with E-state index < -0.39 is 11.4 Å². The van der Waals surface area contributed by atoms with Crippen LogP contribution in [0.5, 0.6) is 5.88 Å². The molecule has 0 aliphatic heterocycles. The van der Waals surface area contributed by atoms with Crippen LogP contribution in [0.3, 0.4) is 0 Å². The number of ether oxygens (including phenoxy) is 1. The molecule has 1 heterocycles. The quantitative estimate of drug-likeness (QED) is 0.728. The molecule has 1 aromatic rings. The first-order valence-electron chi connectivity index (χ1n) is 5.73. The van der Waals surface area contributed by atoms with Crippen molar-refractivity contribution < 1.29 is 9.53 Å². The summed E-state index contributed by atoms with van der Waals surface area (Å²) in [5.41, 5.74) is 10.6. The molecule has 0 unspecified atom stereocenters. The van der Waals surface area contributed by atoms with Crippen LogP contribution in [-0.4, -0.2) is 22.5 Å². The Morgan fingerprint density at radius 2 is 2.06 bits per heavy atom. The molecule has 1 aromatic heterocycles. The van der Waals surface area contributed by atoms with Crippen LogP contribution in [0.15, 0.2) is 12.1 Å². The van der Waals surface area contributed by atoms with Gasteiger partial charge >= 0.3 is 0 Å². The van der Waals surface area contributed by atoms with Gasteiger partial charge in [-0.3, -0.25) is 4.79 Å². The minimum Gasteiger partial charge on any atom is -0.473 e. The number of rotatable bonds is 5. The van der Waals surface area contributed by atoms with E-state index in [9.17, 15) is 4.79 Å². The first kappa shape index (κ1) is 14.1. The molecule has 0 radical (unpaired) electrons. The van der Waals surface area contributed by atoms with E-state index in [0.717, 1.165) is 0 Å². The molecule has 0 bridgehead atoms. The molecule has 5 N–H and O–H groups in total. The largest absolute Gasteiger partial charge is 0.473 e. The zero-order valence-corrected chi connectivity index (χ0v) is 11.2. The molecule has 0 aliphatic carbocycles. The fraction of sp³-hybridized carbons (Fsp3) is 0.500. The third kappa shape index (κ3) is 3.51. The van der Waals surface area contributed by atoms with E-state index in [1.54, 1.807) is 26.0 Å². The molecular formula is C12H20N4O2. The first-order chi connectivity index (χ1) is 8.22. The highest BCUT2D eigenvalue weighted by Gasteiger charge is 2.25. The number of aromatic nitrogens is 1. The van der Waals surface area contributed by atoms with E-state index in [0.29, 0.717) is 17.4 Å². The van der Waals surface area contributed by atoms with Gasteiger partial charge in [-0.1, -0.05) is 0 Å². The molecule has 0 atom stereocenters. The molecule has 0 aromatic carbocycles. The van der Waals surface area contributed by atoms with Gasteiger partial charge in [0.1, 0.15) is 11.4 Å². The van der Waals surface area contributed by atoms with Crippen molar-refractivity contribution in [2.75, 3.05) is 11.1 Å². The summed E-state index contributed by atoms with van der Waals surface area (Å²) in [4.78, 5) is 15.4. The van der Waals surface area contributed by atoms with Crippen molar-refractivity contribution in [2.24, 2.45) is 5.73 Å². The highest BCUT2D eigenvalue weighted by Crippen LogP contribution is 2.23. The van der Waals surface area contributed by atoms with E-state index in [2.05, 4.69) is 10.3 Å². The number of anilines is 2. The normalized spacial score (nSPS) is 11.4. The van der Waals surface area contributed by atoms with Crippen LogP contribution in [0, 0.1) is 0 Å². The minimum atomic E-state index is -0.891. The van der Waals surface area contributed by atoms with Crippen LogP contribution in [0.1, 0.15) is 27.7 Å². The maximum Gasteiger partial charge on any atom is 0.242 e. The minimum absolute atomic E-state index is 0.0285. The lowest BCUT2D eigenvalue weighted by atomic mass is 10.1. The molecule has 6 nitrogen and oxygen atoms in total. The Hall–Kier alpha value is -1.98. The average Bonchev–Trinajstić information content (AvgIpc) is 2.21. The number of primary amides is 1. The van der Waals surface area contributed by atoms with Crippen LogP contribution in [0.4, 0.5) is 11.5 Å². The summed E-state index contributed by atoms with van der Waals surface area (Å²) in [5, 5.41) is 2.94. The summed E-state index contributed by atoms with van der Waals surface area (Å²) in [6.45, 7) is 7.12. The number of carbonyl (C=O) groups excluding carboxylic acids is 1. The van der Waals surface area contributed by atoms with Crippen LogP contribution < -0.4 is 21.5 Å². The molecule has 0 aliphatic rings. The topological polar surface area (TPSA) is 103 Å². The predicted octanol–water partition coefficient (Wildman–Crippen LogP) is 1.13. The fourth-order valence-corrected chi connectivity index (χ4v) is 1.22. The summed E-state index contributed by atoms with van der Waals surface area (Å²) in [5.74, 6) is 0.367. The van der Waals surface area contributed by atoms with Crippen LogP contribution in [0.2, 0.25) is 0 Å². The lowest BCUT2D eigenvalue weighted by Crippen LogP contribution is -2.45. The van der Waals surface area contributed by atoms with Gasteiger partial charge in [-0.15, -0.1) is 0 Å². The number of amides is 1. The second kappa shape index (κ2) is 5.12. The number of nitrogens with zero attached hydrogens (tertiary/aromatic N) is 1. The van der Waals surface area contributed by atoms with Crippen molar-refractivity contribution >= 4 is 17.4 Å². The van der Waals surface area contributed by atoms with Crippen molar-refractivity contribution in [3.63, 3.8) is 0 Å². The van der Waals surface area contributed by atoms with Crippen molar-refractivity contribution in [2.45, 2.75) is 39.3 Å². The summed E-state index contributed by atoms with van der Waals surface area (Å²) >= 11 is 0. The number of nitrogens with one attached hydrogen (secondary N) is 1. The predicted molar refractivity (Wildman–Crippen MR) is 71.3 cm³/mol. The van der Waals surface area contributed by atoms with Crippen molar-refractivity contribution in [1.82, 2.24) is 4.98 Å². The average molecular weight is 252 g/mol. The van der Waals surface area contributed by atoms with Gasteiger partial charge in [-0.25, -0.2) is 0 Å². The molecule has 1 rings (SSSR count). The van der Waals surface area contributed by atoms with Crippen molar-refractivity contribution in [1.29, 1.82) is 0 Å². The van der Waals surface area contributed by atoms with E-state index in [1.165, 1.54) is 0 Å². The molecule has 18 heavy (non-hydrogen) atoms. The molecule has 100 valence electrons. The Kier molecular flexibility index (Phi) is 4.00. The highest BCUT2D eigenvalue weighted by atomic mass is 16.5. The third-order valence-electron chi connectivity index (χ3n) is 2.29. The summed E-state index contributed by atoms with van der Waals surface area (Å²) in [7, 11) is 0. The standard InChI is InChI=1S/C12H20N4O2/c1-7(2)18-10-8(13)5-6-9(15-10)16-12(3,4)11(14)17/h5-7H,13H2,1-4H3,(H2,14,17)(H,15,16). The van der Waals surface area contributed by atoms with Crippen LogP contribution >= 0.6 is 0 Å². The summed E-state index contributed by atoms with van der Waals surface area (Å²) < 4.78 is 5.47. The zero-order valence-electron chi connectivity index (χ0n) is 11.2. The van der Waals surface area contributed by atoms with Gasteiger partial charge < -0.3 is 21.5 Å². The van der Waals surface area contributed by atoms with Crippen LogP contribution in [0.25, 0.3) is 0 Å². The monoisotopic (exact) mass is 252 g/mol.